The van der Waals surface area contributed by atoms with Gasteiger partial charge in [-0.25, -0.2) is 0 Å². The average Bonchev–Trinajstić information content (AvgIpc) is 2.72. The first-order valence-electron chi connectivity index (χ1n) is 5.39. The van der Waals surface area contributed by atoms with Crippen LogP contribution >= 0.6 is 0 Å². The number of hydrogen-bond donors (Lipinski definition) is 1. The molecule has 14 heavy (non-hydrogen) atoms. The van der Waals surface area contributed by atoms with Gasteiger partial charge in [0.15, 0.2) is 0 Å². The van der Waals surface area contributed by atoms with E-state index in [1.807, 2.05) is 0 Å². The van der Waals surface area contributed by atoms with Crippen LogP contribution in [0.3, 0.4) is 0 Å². The largest absolute Gasteiger partial charge is 0.388 e. The first kappa shape index (κ1) is 9.32. The summed E-state index contributed by atoms with van der Waals surface area (Å²) in [5, 5.41) is 3.39. The maximum Gasteiger partial charge on any atom is 0.0179 e. The molecule has 0 spiro atoms. The molecule has 1 aromatic carbocycles. The summed E-state index contributed by atoms with van der Waals surface area (Å²) in [4.78, 5) is 0. The van der Waals surface area contributed by atoms with E-state index in [0.717, 1.165) is 19.4 Å². The molecular formula is C13H19N. The highest BCUT2D eigenvalue weighted by molar-refractivity contribution is 5.26. The summed E-state index contributed by atoms with van der Waals surface area (Å²) in [6, 6.07) is 8.93. The molecular weight excluding hydrogens is 170 g/mol. The van der Waals surface area contributed by atoms with Crippen molar-refractivity contribution in [2.45, 2.75) is 26.2 Å². The van der Waals surface area contributed by atoms with Gasteiger partial charge in [0, 0.05) is 20.1 Å². The van der Waals surface area contributed by atoms with E-state index in [0.29, 0.717) is 0 Å². The molecule has 0 atom stereocenters. The van der Waals surface area contributed by atoms with Crippen molar-refractivity contribution < 1.29 is 1.43 Å². The Hall–Kier alpha value is -1.24. The predicted molar refractivity (Wildman–Crippen MR) is 62.3 cm³/mol. The topological polar surface area (TPSA) is 12.0 Å². The molecule has 76 valence electrons. The quantitative estimate of drug-likeness (QED) is 0.771. The number of rotatable bonds is 3. The number of hydrogen-bond acceptors (Lipinski definition) is 1. The van der Waals surface area contributed by atoms with Crippen molar-refractivity contribution in [1.82, 2.24) is 5.32 Å². The van der Waals surface area contributed by atoms with Crippen LogP contribution in [0.25, 0.3) is 0 Å². The van der Waals surface area contributed by atoms with Crippen LogP contribution in [0.5, 0.6) is 0 Å². The smallest absolute Gasteiger partial charge is 0.0179 e. The highest BCUT2D eigenvalue weighted by atomic mass is 14.9. The van der Waals surface area contributed by atoms with E-state index in [-0.39, 0.29) is 1.43 Å². The molecule has 0 aromatic heterocycles. The van der Waals surface area contributed by atoms with Crippen LogP contribution in [0.4, 0.5) is 0 Å². The molecule has 1 aromatic rings. The SMILES string of the molecule is CCc1ccc(CC2=CCCN2)cc1.[HH]. The van der Waals surface area contributed by atoms with Gasteiger partial charge < -0.3 is 5.32 Å². The maximum atomic E-state index is 3.39. The standard InChI is InChI=1S/C13H17N.H2/c1-2-11-5-7-12(8-6-11)10-13-4-3-9-14-13;/h4-8,14H,2-3,9-10H2,1H3;1H. The lowest BCUT2D eigenvalue weighted by Crippen LogP contribution is -2.09. The number of nitrogens with one attached hydrogen (secondary N) is 1. The third-order valence-corrected chi connectivity index (χ3v) is 2.71. The molecule has 0 bridgehead atoms. The minimum atomic E-state index is 0. The van der Waals surface area contributed by atoms with Crippen molar-refractivity contribution in [3.63, 3.8) is 0 Å². The van der Waals surface area contributed by atoms with Crippen LogP contribution in [0.1, 0.15) is 25.9 Å². The lowest BCUT2D eigenvalue weighted by molar-refractivity contribution is 0.847. The Morgan fingerprint density at radius 3 is 2.50 bits per heavy atom. The second kappa shape index (κ2) is 4.32. The fourth-order valence-electron chi connectivity index (χ4n) is 1.80. The van der Waals surface area contributed by atoms with Crippen molar-refractivity contribution in [3.05, 3.63) is 47.2 Å². The second-order valence-corrected chi connectivity index (χ2v) is 3.79. The van der Waals surface area contributed by atoms with E-state index >= 15 is 0 Å². The van der Waals surface area contributed by atoms with Gasteiger partial charge in [-0.1, -0.05) is 37.3 Å². The minimum Gasteiger partial charge on any atom is -0.388 e. The molecule has 0 amide bonds. The van der Waals surface area contributed by atoms with E-state index in [1.54, 1.807) is 0 Å². The lowest BCUT2D eigenvalue weighted by atomic mass is 10.1. The Morgan fingerprint density at radius 1 is 1.21 bits per heavy atom. The average molecular weight is 189 g/mol. The Bertz CT molecular complexity index is 327. The maximum absolute atomic E-state index is 3.39. The fraction of sp³-hybridized carbons (Fsp3) is 0.385. The Balaban J connectivity index is 0.00000112. The number of benzene rings is 1. The molecule has 0 aliphatic carbocycles. The summed E-state index contributed by atoms with van der Waals surface area (Å²) >= 11 is 0. The highest BCUT2D eigenvalue weighted by Crippen LogP contribution is 2.11. The monoisotopic (exact) mass is 189 g/mol. The molecule has 1 nitrogen and oxygen atoms in total. The summed E-state index contributed by atoms with van der Waals surface area (Å²) in [7, 11) is 0. The zero-order valence-electron chi connectivity index (χ0n) is 8.72. The minimum absolute atomic E-state index is 0. The molecule has 0 saturated carbocycles. The Morgan fingerprint density at radius 2 is 1.93 bits per heavy atom. The van der Waals surface area contributed by atoms with E-state index in [9.17, 15) is 0 Å². The van der Waals surface area contributed by atoms with Crippen LogP contribution in [0.2, 0.25) is 0 Å². The molecule has 1 N–H and O–H groups in total. The van der Waals surface area contributed by atoms with Gasteiger partial charge in [-0.05, 0) is 24.0 Å². The molecule has 1 aliphatic rings. The van der Waals surface area contributed by atoms with E-state index in [2.05, 4.69) is 42.6 Å². The van der Waals surface area contributed by atoms with Gasteiger partial charge in [-0.15, -0.1) is 0 Å². The van der Waals surface area contributed by atoms with Crippen molar-refractivity contribution in [2.24, 2.45) is 0 Å². The third-order valence-electron chi connectivity index (χ3n) is 2.71. The normalized spacial score (nSPS) is 15.1. The van der Waals surface area contributed by atoms with Crippen LogP contribution in [-0.4, -0.2) is 6.54 Å². The lowest BCUT2D eigenvalue weighted by Gasteiger charge is -2.05. The molecule has 1 aliphatic heterocycles. The summed E-state index contributed by atoms with van der Waals surface area (Å²) in [6.07, 6.45) is 5.67. The molecule has 2 rings (SSSR count). The zero-order chi connectivity index (χ0) is 9.80. The fourth-order valence-corrected chi connectivity index (χ4v) is 1.80. The number of allylic oxidation sites excluding steroid dienone is 1. The van der Waals surface area contributed by atoms with E-state index < -0.39 is 0 Å². The van der Waals surface area contributed by atoms with Gasteiger partial charge >= 0.3 is 0 Å². The Labute approximate surface area is 87.3 Å². The van der Waals surface area contributed by atoms with Gasteiger partial charge in [0.1, 0.15) is 0 Å². The van der Waals surface area contributed by atoms with Gasteiger partial charge in [-0.2, -0.15) is 0 Å². The van der Waals surface area contributed by atoms with Crippen molar-refractivity contribution in [2.75, 3.05) is 6.54 Å². The molecule has 0 saturated heterocycles. The van der Waals surface area contributed by atoms with Gasteiger partial charge in [-0.3, -0.25) is 0 Å². The second-order valence-electron chi connectivity index (χ2n) is 3.79. The molecule has 1 heterocycles. The van der Waals surface area contributed by atoms with Crippen LogP contribution in [0.15, 0.2) is 36.0 Å². The van der Waals surface area contributed by atoms with Gasteiger partial charge in [0.2, 0.25) is 0 Å². The first-order valence-corrected chi connectivity index (χ1v) is 5.39. The van der Waals surface area contributed by atoms with E-state index in [1.165, 1.54) is 23.2 Å². The number of aryl methyl sites for hydroxylation is 1. The van der Waals surface area contributed by atoms with E-state index in [4.69, 9.17) is 0 Å². The molecule has 0 fully saturated rings. The zero-order valence-corrected chi connectivity index (χ0v) is 8.72. The Kier molecular flexibility index (Phi) is 2.87. The highest BCUT2D eigenvalue weighted by Gasteiger charge is 2.03. The van der Waals surface area contributed by atoms with Crippen LogP contribution in [0, 0.1) is 0 Å². The predicted octanol–water partition coefficient (Wildman–Crippen LogP) is 2.91. The van der Waals surface area contributed by atoms with Crippen molar-refractivity contribution >= 4 is 0 Å². The third kappa shape index (κ3) is 2.16. The summed E-state index contributed by atoms with van der Waals surface area (Å²) in [6.45, 7) is 3.30. The first-order chi connectivity index (χ1) is 6.88. The van der Waals surface area contributed by atoms with Gasteiger partial charge in [0.05, 0.1) is 0 Å². The van der Waals surface area contributed by atoms with Crippen LogP contribution in [-0.2, 0) is 12.8 Å². The summed E-state index contributed by atoms with van der Waals surface area (Å²) in [5.74, 6) is 0. The van der Waals surface area contributed by atoms with Gasteiger partial charge in [0.25, 0.3) is 0 Å². The van der Waals surface area contributed by atoms with Crippen molar-refractivity contribution in [3.8, 4) is 0 Å². The molecule has 1 heteroatoms. The molecule has 0 radical (unpaired) electrons. The summed E-state index contributed by atoms with van der Waals surface area (Å²) < 4.78 is 0. The summed E-state index contributed by atoms with van der Waals surface area (Å²) in [5.41, 5.74) is 4.21. The molecule has 0 unspecified atom stereocenters. The van der Waals surface area contributed by atoms with Crippen molar-refractivity contribution in [1.29, 1.82) is 0 Å². The van der Waals surface area contributed by atoms with Crippen LogP contribution < -0.4 is 5.32 Å².